The number of carboxylic acids is 1. The number of carbonyl (C=O) groups excluding carboxylic acids is 1. The minimum absolute atomic E-state index is 0.0655. The van der Waals surface area contributed by atoms with E-state index in [0.29, 0.717) is 5.69 Å². The number of imidazole rings is 1. The number of aromatic nitrogens is 2. The first kappa shape index (κ1) is 15.3. The Bertz CT molecular complexity index is 929. The van der Waals surface area contributed by atoms with Gasteiger partial charge in [-0.25, -0.2) is 9.78 Å². The fourth-order valence-corrected chi connectivity index (χ4v) is 2.88. The van der Waals surface area contributed by atoms with Crippen LogP contribution in [0.2, 0.25) is 5.02 Å². The van der Waals surface area contributed by atoms with E-state index in [1.54, 1.807) is 12.3 Å². The van der Waals surface area contributed by atoms with E-state index >= 15 is 0 Å². The highest BCUT2D eigenvalue weighted by Crippen LogP contribution is 2.20. The lowest BCUT2D eigenvalue weighted by Gasteiger charge is -2.05. The van der Waals surface area contributed by atoms with E-state index in [1.807, 2.05) is 16.0 Å². The maximum Gasteiger partial charge on any atom is 0.337 e. The van der Waals surface area contributed by atoms with E-state index in [1.165, 1.54) is 35.6 Å². The zero-order valence-corrected chi connectivity index (χ0v) is 13.1. The number of anilines is 1. The van der Waals surface area contributed by atoms with Gasteiger partial charge in [0.05, 0.1) is 22.5 Å². The van der Waals surface area contributed by atoms with Crippen molar-refractivity contribution in [2.75, 3.05) is 5.32 Å². The van der Waals surface area contributed by atoms with E-state index in [-0.39, 0.29) is 16.5 Å². The van der Waals surface area contributed by atoms with Gasteiger partial charge in [0, 0.05) is 23.3 Å². The number of hydrogen-bond acceptors (Lipinski definition) is 4. The number of rotatable bonds is 4. The lowest BCUT2D eigenvalue weighted by Crippen LogP contribution is -2.09. The number of nitrogens with zero attached hydrogens (tertiary/aromatic N) is 2. The Labute approximate surface area is 139 Å². The first-order valence-electron chi connectivity index (χ1n) is 6.47. The zero-order chi connectivity index (χ0) is 16.4. The highest BCUT2D eigenvalue weighted by atomic mass is 35.5. The van der Waals surface area contributed by atoms with Crippen LogP contribution in [0.3, 0.4) is 0 Å². The number of aromatic carboxylic acids is 1. The summed E-state index contributed by atoms with van der Waals surface area (Å²) in [7, 11) is 0. The normalized spacial score (nSPS) is 11.2. The lowest BCUT2D eigenvalue weighted by molar-refractivity contribution is -0.111. The van der Waals surface area contributed by atoms with Gasteiger partial charge in [0.15, 0.2) is 4.96 Å². The second-order valence-corrected chi connectivity index (χ2v) is 5.84. The van der Waals surface area contributed by atoms with Crippen molar-refractivity contribution in [1.82, 2.24) is 9.38 Å². The molecule has 0 spiro atoms. The molecule has 0 atom stereocenters. The van der Waals surface area contributed by atoms with E-state index in [2.05, 4.69) is 10.3 Å². The van der Waals surface area contributed by atoms with Crippen LogP contribution in [0.1, 0.15) is 16.1 Å². The molecule has 0 radical (unpaired) electrons. The van der Waals surface area contributed by atoms with E-state index in [0.717, 1.165) is 10.7 Å². The summed E-state index contributed by atoms with van der Waals surface area (Å²) in [6.45, 7) is 0. The van der Waals surface area contributed by atoms with Crippen molar-refractivity contribution >= 4 is 51.5 Å². The van der Waals surface area contributed by atoms with Gasteiger partial charge in [-0.3, -0.25) is 9.20 Å². The molecule has 0 aliphatic carbocycles. The van der Waals surface area contributed by atoms with Crippen LogP contribution < -0.4 is 5.32 Å². The number of hydrogen-bond donors (Lipinski definition) is 2. The average molecular weight is 348 g/mol. The fourth-order valence-electron chi connectivity index (χ4n) is 1.98. The van der Waals surface area contributed by atoms with Gasteiger partial charge in [-0.1, -0.05) is 11.6 Å². The third-order valence-corrected chi connectivity index (χ3v) is 4.14. The van der Waals surface area contributed by atoms with Crippen LogP contribution in [0.15, 0.2) is 42.0 Å². The monoisotopic (exact) mass is 347 g/mol. The summed E-state index contributed by atoms with van der Waals surface area (Å²) in [5.41, 5.74) is 1.07. The summed E-state index contributed by atoms with van der Waals surface area (Å²) in [6, 6.07) is 4.28. The summed E-state index contributed by atoms with van der Waals surface area (Å²) in [5.74, 6) is -1.53. The third kappa shape index (κ3) is 3.25. The van der Waals surface area contributed by atoms with Gasteiger partial charge in [0.2, 0.25) is 5.91 Å². The highest BCUT2D eigenvalue weighted by molar-refractivity contribution is 7.15. The van der Waals surface area contributed by atoms with Crippen LogP contribution in [0.5, 0.6) is 0 Å². The van der Waals surface area contributed by atoms with Crippen LogP contribution in [0.4, 0.5) is 5.69 Å². The Morgan fingerprint density at radius 3 is 3.00 bits per heavy atom. The third-order valence-electron chi connectivity index (χ3n) is 3.04. The van der Waals surface area contributed by atoms with Gasteiger partial charge in [-0.05, 0) is 24.3 Å². The van der Waals surface area contributed by atoms with E-state index in [9.17, 15) is 9.59 Å². The maximum atomic E-state index is 11.9. The predicted octanol–water partition coefficient (Wildman–Crippen LogP) is 3.40. The molecule has 3 aromatic rings. The molecule has 116 valence electrons. The predicted molar refractivity (Wildman–Crippen MR) is 89.1 cm³/mol. The number of carboxylic acid groups (broad SMARTS) is 1. The largest absolute Gasteiger partial charge is 0.478 e. The van der Waals surface area contributed by atoms with Gasteiger partial charge >= 0.3 is 5.97 Å². The Morgan fingerprint density at radius 2 is 2.22 bits per heavy atom. The van der Waals surface area contributed by atoms with Gasteiger partial charge < -0.3 is 10.4 Å². The minimum atomic E-state index is -1.15. The Hall–Kier alpha value is -2.64. The summed E-state index contributed by atoms with van der Waals surface area (Å²) in [4.78, 5) is 28.0. The molecule has 0 aliphatic heterocycles. The standard InChI is InChI=1S/C15H10ClN3O3S/c16-12-3-1-9(7-11(12)14(21)22)18-13(20)4-2-10-8-17-15-19(10)5-6-23-15/h1-8H,(H,18,20)(H,21,22)/b4-2+. The number of halogens is 1. The number of thiazole rings is 1. The van der Waals surface area contributed by atoms with Gasteiger partial charge in [0.1, 0.15) is 0 Å². The number of fused-ring (bicyclic) bond motifs is 1. The van der Waals surface area contributed by atoms with Crippen molar-refractivity contribution in [2.24, 2.45) is 0 Å². The van der Waals surface area contributed by atoms with Crippen LogP contribution in [0, 0.1) is 0 Å². The molecule has 0 saturated heterocycles. The van der Waals surface area contributed by atoms with Crippen LogP contribution in [-0.2, 0) is 4.79 Å². The van der Waals surface area contributed by atoms with Crippen molar-refractivity contribution in [2.45, 2.75) is 0 Å². The minimum Gasteiger partial charge on any atom is -0.478 e. The molecule has 2 heterocycles. The molecule has 0 fully saturated rings. The molecule has 6 nitrogen and oxygen atoms in total. The van der Waals surface area contributed by atoms with Gasteiger partial charge in [-0.15, -0.1) is 11.3 Å². The topological polar surface area (TPSA) is 83.7 Å². The molecular weight excluding hydrogens is 338 g/mol. The van der Waals surface area contributed by atoms with E-state index < -0.39 is 5.97 Å². The van der Waals surface area contributed by atoms with Crippen molar-refractivity contribution in [3.8, 4) is 0 Å². The average Bonchev–Trinajstić information content (AvgIpc) is 3.10. The quantitative estimate of drug-likeness (QED) is 0.708. The lowest BCUT2D eigenvalue weighted by atomic mass is 10.2. The first-order valence-corrected chi connectivity index (χ1v) is 7.73. The summed E-state index contributed by atoms with van der Waals surface area (Å²) in [6.07, 6.45) is 6.52. The molecule has 23 heavy (non-hydrogen) atoms. The van der Waals surface area contributed by atoms with Crippen molar-refractivity contribution in [3.63, 3.8) is 0 Å². The van der Waals surface area contributed by atoms with Crippen LogP contribution >= 0.6 is 22.9 Å². The molecule has 8 heteroatoms. The number of carbonyl (C=O) groups is 2. The molecule has 0 unspecified atom stereocenters. The van der Waals surface area contributed by atoms with Crippen molar-refractivity contribution in [1.29, 1.82) is 0 Å². The second-order valence-electron chi connectivity index (χ2n) is 4.56. The molecular formula is C15H10ClN3O3S. The maximum absolute atomic E-state index is 11.9. The molecule has 0 saturated carbocycles. The highest BCUT2D eigenvalue weighted by Gasteiger charge is 2.10. The Kier molecular flexibility index (Phi) is 4.14. The van der Waals surface area contributed by atoms with Crippen LogP contribution in [0.25, 0.3) is 11.0 Å². The molecule has 2 N–H and O–H groups in total. The number of nitrogens with one attached hydrogen (secondary N) is 1. The summed E-state index contributed by atoms with van der Waals surface area (Å²) in [5, 5.41) is 13.6. The molecule has 2 aromatic heterocycles. The smallest absolute Gasteiger partial charge is 0.337 e. The van der Waals surface area contributed by atoms with Gasteiger partial charge in [-0.2, -0.15) is 0 Å². The summed E-state index contributed by atoms with van der Waals surface area (Å²) >= 11 is 7.28. The van der Waals surface area contributed by atoms with Crippen LogP contribution in [-0.4, -0.2) is 26.4 Å². The van der Waals surface area contributed by atoms with E-state index in [4.69, 9.17) is 16.7 Å². The molecule has 1 aromatic carbocycles. The van der Waals surface area contributed by atoms with Gasteiger partial charge in [0.25, 0.3) is 0 Å². The molecule has 0 aliphatic rings. The fraction of sp³-hybridized carbons (Fsp3) is 0. The molecule has 0 bridgehead atoms. The Morgan fingerprint density at radius 1 is 1.39 bits per heavy atom. The zero-order valence-electron chi connectivity index (χ0n) is 11.6. The van der Waals surface area contributed by atoms with Crippen molar-refractivity contribution < 1.29 is 14.7 Å². The summed E-state index contributed by atoms with van der Waals surface area (Å²) < 4.78 is 1.86. The number of benzene rings is 1. The first-order chi connectivity index (χ1) is 11.0. The number of amides is 1. The molecule has 3 rings (SSSR count). The Balaban J connectivity index is 1.75. The van der Waals surface area contributed by atoms with Crippen molar-refractivity contribution in [3.05, 3.63) is 58.3 Å². The molecule has 1 amide bonds. The SMILES string of the molecule is O=C(/C=C/c1cnc2sccn12)Nc1ccc(Cl)c(C(=O)O)c1. The second kappa shape index (κ2) is 6.23.